The zero-order chi connectivity index (χ0) is 17.9. The Kier molecular flexibility index (Phi) is 5.74. The molecule has 0 fully saturated rings. The highest BCUT2D eigenvalue weighted by Crippen LogP contribution is 2.22. The number of sulfonamides is 1. The van der Waals surface area contributed by atoms with E-state index in [1.807, 2.05) is 19.0 Å². The molecule has 1 aromatic carbocycles. The summed E-state index contributed by atoms with van der Waals surface area (Å²) < 4.78 is 42.8. The average Bonchev–Trinajstić information content (AvgIpc) is 2.85. The van der Waals surface area contributed by atoms with Gasteiger partial charge in [0.05, 0.1) is 11.9 Å². The third kappa shape index (κ3) is 4.40. The van der Waals surface area contributed by atoms with Crippen molar-refractivity contribution in [1.82, 2.24) is 19.4 Å². The van der Waals surface area contributed by atoms with Gasteiger partial charge in [-0.25, -0.2) is 17.5 Å². The summed E-state index contributed by atoms with van der Waals surface area (Å²) in [5.74, 6) is -0.351. The third-order valence-electron chi connectivity index (χ3n) is 3.91. The minimum absolute atomic E-state index is 0.155. The molecule has 0 aliphatic rings. The molecule has 2 rings (SSSR count). The summed E-state index contributed by atoms with van der Waals surface area (Å²) in [6, 6.07) is 5.43. The molecule has 6 nitrogen and oxygen atoms in total. The molecule has 0 amide bonds. The van der Waals surface area contributed by atoms with Crippen LogP contribution in [-0.4, -0.2) is 43.7 Å². The van der Waals surface area contributed by atoms with Crippen LogP contribution < -0.4 is 4.72 Å². The van der Waals surface area contributed by atoms with E-state index in [2.05, 4.69) is 9.82 Å². The fourth-order valence-electron chi connectivity index (χ4n) is 2.37. The Labute approximate surface area is 142 Å². The summed E-state index contributed by atoms with van der Waals surface area (Å²) in [4.78, 5) is 2.13. The maximum atomic E-state index is 13.2. The minimum atomic E-state index is -3.72. The number of nitrogens with zero attached hydrogens (tertiary/aromatic N) is 3. The van der Waals surface area contributed by atoms with E-state index in [1.165, 1.54) is 23.0 Å². The molecule has 0 radical (unpaired) electrons. The second-order valence-electron chi connectivity index (χ2n) is 6.04. The van der Waals surface area contributed by atoms with Gasteiger partial charge in [-0.05, 0) is 51.7 Å². The summed E-state index contributed by atoms with van der Waals surface area (Å²) in [5, 5.41) is 3.99. The van der Waals surface area contributed by atoms with E-state index in [0.29, 0.717) is 18.7 Å². The standard InChI is InChI=1S/C16H23FN4O2S/c1-12-16(11-18-21(12)4)24(22,23)19-15(9-10-20(2)3)13-5-7-14(17)8-6-13/h5-8,11,15,19H,9-10H2,1-4H3. The molecule has 0 saturated heterocycles. The van der Waals surface area contributed by atoms with E-state index in [1.54, 1.807) is 26.1 Å². The van der Waals surface area contributed by atoms with Crippen LogP contribution in [0.15, 0.2) is 35.4 Å². The molecular formula is C16H23FN4O2S. The van der Waals surface area contributed by atoms with E-state index in [9.17, 15) is 12.8 Å². The lowest BCUT2D eigenvalue weighted by atomic mass is 10.0. The van der Waals surface area contributed by atoms with Gasteiger partial charge in [0.1, 0.15) is 10.7 Å². The topological polar surface area (TPSA) is 67.2 Å². The van der Waals surface area contributed by atoms with Gasteiger partial charge in [-0.3, -0.25) is 4.68 Å². The Balaban J connectivity index is 2.30. The first kappa shape index (κ1) is 18.6. The van der Waals surface area contributed by atoms with E-state index in [-0.39, 0.29) is 10.7 Å². The summed E-state index contributed by atoms with van der Waals surface area (Å²) >= 11 is 0. The van der Waals surface area contributed by atoms with Crippen LogP contribution in [0.1, 0.15) is 23.7 Å². The highest BCUT2D eigenvalue weighted by molar-refractivity contribution is 7.89. The smallest absolute Gasteiger partial charge is 0.244 e. The maximum Gasteiger partial charge on any atom is 0.244 e. The molecule has 0 bridgehead atoms. The van der Waals surface area contributed by atoms with Gasteiger partial charge < -0.3 is 4.90 Å². The highest BCUT2D eigenvalue weighted by atomic mass is 32.2. The molecular weight excluding hydrogens is 331 g/mol. The number of nitrogens with one attached hydrogen (secondary N) is 1. The lowest BCUT2D eigenvalue weighted by Crippen LogP contribution is -2.31. The maximum absolute atomic E-state index is 13.2. The number of hydrogen-bond donors (Lipinski definition) is 1. The van der Waals surface area contributed by atoms with Crippen molar-refractivity contribution in [3.05, 3.63) is 47.5 Å². The molecule has 0 saturated carbocycles. The van der Waals surface area contributed by atoms with Gasteiger partial charge in [-0.2, -0.15) is 5.10 Å². The molecule has 2 aromatic rings. The summed E-state index contributed by atoms with van der Waals surface area (Å²) in [6.45, 7) is 2.39. The van der Waals surface area contributed by atoms with Gasteiger partial charge in [0, 0.05) is 13.1 Å². The van der Waals surface area contributed by atoms with Gasteiger partial charge in [-0.15, -0.1) is 0 Å². The summed E-state index contributed by atoms with van der Waals surface area (Å²) in [7, 11) is 1.81. The lowest BCUT2D eigenvalue weighted by molar-refractivity contribution is 0.375. The van der Waals surface area contributed by atoms with Crippen molar-refractivity contribution in [3.8, 4) is 0 Å². The Hall–Kier alpha value is -1.77. The van der Waals surface area contributed by atoms with Crippen molar-refractivity contribution in [1.29, 1.82) is 0 Å². The normalized spacial score (nSPS) is 13.4. The van der Waals surface area contributed by atoms with Crippen LogP contribution in [0, 0.1) is 12.7 Å². The second kappa shape index (κ2) is 7.42. The molecule has 1 N–H and O–H groups in total. The average molecular weight is 354 g/mol. The fourth-order valence-corrected chi connectivity index (χ4v) is 3.83. The quantitative estimate of drug-likeness (QED) is 0.824. The Morgan fingerprint density at radius 1 is 1.29 bits per heavy atom. The van der Waals surface area contributed by atoms with Gasteiger partial charge in [-0.1, -0.05) is 12.1 Å². The van der Waals surface area contributed by atoms with Crippen LogP contribution >= 0.6 is 0 Å². The van der Waals surface area contributed by atoms with E-state index in [4.69, 9.17) is 0 Å². The second-order valence-corrected chi connectivity index (χ2v) is 7.72. The first-order valence-corrected chi connectivity index (χ1v) is 9.10. The lowest BCUT2D eigenvalue weighted by Gasteiger charge is -2.21. The number of aryl methyl sites for hydroxylation is 1. The van der Waals surface area contributed by atoms with Crippen molar-refractivity contribution in [2.45, 2.75) is 24.3 Å². The van der Waals surface area contributed by atoms with Crippen LogP contribution in [0.2, 0.25) is 0 Å². The van der Waals surface area contributed by atoms with Crippen molar-refractivity contribution < 1.29 is 12.8 Å². The number of aromatic nitrogens is 2. The van der Waals surface area contributed by atoms with Gasteiger partial charge in [0.25, 0.3) is 0 Å². The molecule has 24 heavy (non-hydrogen) atoms. The molecule has 1 heterocycles. The van der Waals surface area contributed by atoms with Crippen molar-refractivity contribution >= 4 is 10.0 Å². The third-order valence-corrected chi connectivity index (χ3v) is 5.49. The van der Waals surface area contributed by atoms with Gasteiger partial charge in [0.15, 0.2) is 0 Å². The van der Waals surface area contributed by atoms with Crippen molar-refractivity contribution in [3.63, 3.8) is 0 Å². The molecule has 8 heteroatoms. The molecule has 0 spiro atoms. The van der Waals surface area contributed by atoms with Crippen LogP contribution in [0.5, 0.6) is 0 Å². The molecule has 1 unspecified atom stereocenters. The SMILES string of the molecule is Cc1c(S(=O)(=O)NC(CCN(C)C)c2ccc(F)cc2)cnn1C. The Bertz CT molecular complexity index is 785. The molecule has 0 aliphatic carbocycles. The van der Waals surface area contributed by atoms with Gasteiger partial charge >= 0.3 is 0 Å². The van der Waals surface area contributed by atoms with Gasteiger partial charge in [0.2, 0.25) is 10.0 Å². The highest BCUT2D eigenvalue weighted by Gasteiger charge is 2.25. The number of hydrogen-bond acceptors (Lipinski definition) is 4. The van der Waals surface area contributed by atoms with Crippen molar-refractivity contribution in [2.24, 2.45) is 7.05 Å². The van der Waals surface area contributed by atoms with E-state index >= 15 is 0 Å². The fraction of sp³-hybridized carbons (Fsp3) is 0.438. The van der Waals surface area contributed by atoms with Crippen LogP contribution in [0.4, 0.5) is 4.39 Å². The van der Waals surface area contributed by atoms with E-state index < -0.39 is 16.1 Å². The molecule has 1 aromatic heterocycles. The number of benzene rings is 1. The van der Waals surface area contributed by atoms with Crippen LogP contribution in [-0.2, 0) is 17.1 Å². The predicted molar refractivity (Wildman–Crippen MR) is 90.6 cm³/mol. The predicted octanol–water partition coefficient (Wildman–Crippen LogP) is 1.84. The molecule has 132 valence electrons. The zero-order valence-electron chi connectivity index (χ0n) is 14.3. The first-order chi connectivity index (χ1) is 11.2. The van der Waals surface area contributed by atoms with Crippen LogP contribution in [0.25, 0.3) is 0 Å². The number of rotatable bonds is 7. The van der Waals surface area contributed by atoms with Crippen LogP contribution in [0.3, 0.4) is 0 Å². The minimum Gasteiger partial charge on any atom is -0.309 e. The first-order valence-electron chi connectivity index (χ1n) is 7.62. The van der Waals surface area contributed by atoms with Crippen molar-refractivity contribution in [2.75, 3.05) is 20.6 Å². The molecule has 0 aliphatic heterocycles. The zero-order valence-corrected chi connectivity index (χ0v) is 15.1. The number of halogens is 1. The Morgan fingerprint density at radius 2 is 1.92 bits per heavy atom. The van der Waals surface area contributed by atoms with E-state index in [0.717, 1.165) is 5.56 Å². The summed E-state index contributed by atoms with van der Waals surface area (Å²) in [6.07, 6.45) is 1.91. The summed E-state index contributed by atoms with van der Waals surface area (Å²) in [5.41, 5.74) is 1.29. The Morgan fingerprint density at radius 3 is 2.42 bits per heavy atom. The largest absolute Gasteiger partial charge is 0.309 e. The monoisotopic (exact) mass is 354 g/mol. The molecule has 1 atom stereocenters.